The quantitative estimate of drug-likeness (QED) is 0.0146. The fourth-order valence-corrected chi connectivity index (χ4v) is 14.7. The number of carbonyl (C=O) groups is 11. The molecule has 1 aliphatic heterocycles. The Morgan fingerprint density at radius 3 is 1.77 bits per heavy atom. The number of primary amides is 1. The number of methoxy groups -OCH3 is 2. The van der Waals surface area contributed by atoms with Gasteiger partial charge in [0.1, 0.15) is 49.0 Å². The summed E-state index contributed by atoms with van der Waals surface area (Å²) < 4.78 is 29.0. The lowest BCUT2D eigenvalue weighted by molar-refractivity contribution is -0.148. The first-order valence-corrected chi connectivity index (χ1v) is 39.5. The molecule has 4 aromatic carbocycles. The number of hydrogen-bond acceptors (Lipinski definition) is 17. The van der Waals surface area contributed by atoms with Gasteiger partial charge in [-0.1, -0.05) is 160 Å². The largest absolute Gasteiger partial charge is 0.449 e. The highest BCUT2D eigenvalue weighted by atomic mass is 16.6. The fraction of sp³-hybridized carbons (Fsp3) is 0.583. The highest BCUT2D eigenvalue weighted by molar-refractivity contribution is 5.99. The highest BCUT2D eigenvalue weighted by Crippen LogP contribution is 2.45. The van der Waals surface area contributed by atoms with E-state index in [9.17, 15) is 57.8 Å². The first-order valence-electron chi connectivity index (χ1n) is 39.5. The number of rotatable bonds is 41. The van der Waals surface area contributed by atoms with Gasteiger partial charge in [0, 0.05) is 59.6 Å². The summed E-state index contributed by atoms with van der Waals surface area (Å²) in [7, 11) is 6.07. The molecule has 13 atom stereocenters. The average Bonchev–Trinajstić information content (AvgIpc) is 1.61. The summed E-state index contributed by atoms with van der Waals surface area (Å²) in [6, 6.07) is 22.7. The molecule has 0 spiro atoms. The van der Waals surface area contributed by atoms with Gasteiger partial charge in [-0.3, -0.25) is 38.5 Å². The van der Waals surface area contributed by atoms with E-state index in [1.807, 2.05) is 80.6 Å². The zero-order chi connectivity index (χ0) is 83.6. The number of nitrogens with two attached hydrogens (primary N) is 1. The van der Waals surface area contributed by atoms with Crippen LogP contribution in [0.3, 0.4) is 0 Å². The molecule has 0 unspecified atom stereocenters. The van der Waals surface area contributed by atoms with Gasteiger partial charge in [0.25, 0.3) is 0 Å². The molecule has 4 aromatic rings. The summed E-state index contributed by atoms with van der Waals surface area (Å²) in [4.78, 5) is 157. The summed E-state index contributed by atoms with van der Waals surface area (Å²) >= 11 is 0. The van der Waals surface area contributed by atoms with Crippen molar-refractivity contribution in [2.24, 2.45) is 35.3 Å². The summed E-state index contributed by atoms with van der Waals surface area (Å²) in [5, 5.41) is 33.2. The van der Waals surface area contributed by atoms with Crippen LogP contribution in [0, 0.1) is 29.6 Å². The number of anilines is 1. The Labute approximate surface area is 666 Å². The second-order valence-electron chi connectivity index (χ2n) is 31.7. The van der Waals surface area contributed by atoms with E-state index < -0.39 is 150 Å². The maximum Gasteiger partial charge on any atom is 0.410 e. The second-order valence-corrected chi connectivity index (χ2v) is 31.7. The van der Waals surface area contributed by atoms with Gasteiger partial charge in [-0.05, 0) is 142 Å². The van der Waals surface area contributed by atoms with Crippen LogP contribution in [0.2, 0.25) is 0 Å². The van der Waals surface area contributed by atoms with E-state index in [2.05, 4.69) is 42.5 Å². The number of fused-ring (bicyclic) bond motifs is 3. The summed E-state index contributed by atoms with van der Waals surface area (Å²) in [6.45, 7) is 23.6. The number of hydrogen-bond donors (Lipinski definition) is 10. The molecule has 0 aromatic heterocycles. The van der Waals surface area contributed by atoms with Crippen LogP contribution in [0.4, 0.5) is 24.9 Å². The van der Waals surface area contributed by atoms with Crippen LogP contribution < -0.4 is 48.3 Å². The van der Waals surface area contributed by atoms with E-state index >= 15 is 0 Å². The molecule has 6 rings (SSSR count). The van der Waals surface area contributed by atoms with Crippen molar-refractivity contribution in [3.8, 4) is 11.1 Å². The predicted octanol–water partition coefficient (Wildman–Crippen LogP) is 9.19. The lowest BCUT2D eigenvalue weighted by Gasteiger charge is -2.41. The highest BCUT2D eigenvalue weighted by Gasteiger charge is 2.45. The third-order valence-corrected chi connectivity index (χ3v) is 21.1. The number of aliphatic hydroxyl groups is 1. The molecule has 1 fully saturated rings. The van der Waals surface area contributed by atoms with Crippen molar-refractivity contribution in [1.29, 1.82) is 0 Å². The zero-order valence-electron chi connectivity index (χ0n) is 68.9. The Balaban J connectivity index is 1.07. The van der Waals surface area contributed by atoms with Gasteiger partial charge < -0.3 is 86.9 Å². The van der Waals surface area contributed by atoms with Gasteiger partial charge in [0.2, 0.25) is 41.4 Å². The van der Waals surface area contributed by atoms with Crippen LogP contribution >= 0.6 is 0 Å². The lowest BCUT2D eigenvalue weighted by atomic mass is 9.89. The number of nitrogens with one attached hydrogen (secondary N) is 8. The van der Waals surface area contributed by atoms with E-state index in [4.69, 9.17) is 29.4 Å². The van der Waals surface area contributed by atoms with Crippen LogP contribution in [0.25, 0.3) is 11.1 Å². The maximum atomic E-state index is 14.9. The van der Waals surface area contributed by atoms with E-state index in [0.717, 1.165) is 22.3 Å². The number of aliphatic hydroxyl groups excluding tert-OH is 1. The second kappa shape index (κ2) is 44.0. The molecule has 0 radical (unpaired) electrons. The SMILES string of the molecule is CC[C@H](C)[C@@H]([C@H](CC(=O)N1CCC[C@H]1[C@H](OC)[C@@H](C)C(=O)N[C@@H](C)[C@H](O)c1ccccc1)OC)N(C)C(=O)[C@@H](NC(=O)[C@H](C(C)C)N(C)C(=O)OCc1ccc(NC(=O)[C@H](CCCNC(N)=O)NC(=O)[C@@H](NC(=O)[C@H](CCCCNC(=O)OC(C)(C)C)NC(=O)OCC2c3ccccc3-c3ccccc32)C(C)C)cc1)C(C)C. The normalized spacial score (nSPS) is 16.5. The van der Waals surface area contributed by atoms with Crippen LogP contribution in [0.15, 0.2) is 103 Å². The number of carbonyl (C=O) groups excluding carboxylic acids is 11. The van der Waals surface area contributed by atoms with Gasteiger partial charge in [0.15, 0.2) is 0 Å². The summed E-state index contributed by atoms with van der Waals surface area (Å²) in [5.74, 6) is -6.32. The molecular weight excluding hydrogens is 1450 g/mol. The van der Waals surface area contributed by atoms with E-state index in [1.165, 1.54) is 26.2 Å². The smallest absolute Gasteiger partial charge is 0.410 e. The monoisotopic (exact) mass is 1570 g/mol. The number of benzene rings is 4. The molecule has 11 N–H and O–H groups in total. The first-order chi connectivity index (χ1) is 53.5. The predicted molar refractivity (Wildman–Crippen MR) is 429 cm³/mol. The van der Waals surface area contributed by atoms with Crippen LogP contribution in [-0.4, -0.2) is 206 Å². The molecule has 1 saturated heterocycles. The molecule has 12 amide bonds. The standard InChI is InChI=1S/C84H124N12O17/c1-18-52(8)71(66(109-16)46-67(97)96-45-29-38-65(96)73(110-17)53(9)74(99)88-54(10)72(98)56-30-20-19-21-31-56)94(14)79(104)69(50(4)5)93-78(103)70(51(6)7)95(15)83(108)112-47-55-39-41-57(42-40-55)89-75(100)63(37-28-44-86-80(85)105)90-77(102)68(49(2)3)92-76(101)64(36-26-27-43-87-81(106)113-84(11,12)13)91-82(107)111-48-62-60-34-24-22-32-58(60)59-33-23-25-35-61(59)62/h19-25,30-35,39-42,49-54,62-66,68-73,98H,18,26-29,36-38,43-48H2,1-17H3,(H,87,106)(H,88,99)(H,89,100)(H,90,102)(H,91,107)(H,92,101)(H,93,103)(H3,85,86,105)/t52-,53+,54-,63-,64-,65-,66-,68-,69-,70-,71-,72-,73+/m0/s1. The van der Waals surface area contributed by atoms with Crippen LogP contribution in [-0.2, 0) is 63.9 Å². The Morgan fingerprint density at radius 1 is 0.611 bits per heavy atom. The number of nitrogens with zero attached hydrogens (tertiary/aromatic N) is 3. The van der Waals surface area contributed by atoms with Crippen LogP contribution in [0.5, 0.6) is 0 Å². The van der Waals surface area contributed by atoms with Crippen molar-refractivity contribution in [2.45, 2.75) is 233 Å². The Morgan fingerprint density at radius 2 is 1.19 bits per heavy atom. The van der Waals surface area contributed by atoms with Gasteiger partial charge in [0.05, 0.1) is 48.8 Å². The minimum Gasteiger partial charge on any atom is -0.449 e. The van der Waals surface area contributed by atoms with Crippen molar-refractivity contribution in [3.63, 3.8) is 0 Å². The van der Waals surface area contributed by atoms with E-state index in [1.54, 1.807) is 129 Å². The van der Waals surface area contributed by atoms with Crippen molar-refractivity contribution in [2.75, 3.05) is 59.9 Å². The Kier molecular flexibility index (Phi) is 35.8. The van der Waals surface area contributed by atoms with E-state index in [-0.39, 0.29) is 75.6 Å². The van der Waals surface area contributed by atoms with E-state index in [0.29, 0.717) is 55.5 Å². The third kappa shape index (κ3) is 26.6. The average molecular weight is 1570 g/mol. The van der Waals surface area contributed by atoms with Gasteiger partial charge in [-0.25, -0.2) is 19.2 Å². The maximum absolute atomic E-state index is 14.9. The number of urea groups is 1. The van der Waals surface area contributed by atoms with Crippen molar-refractivity contribution in [3.05, 3.63) is 125 Å². The lowest BCUT2D eigenvalue weighted by Crippen LogP contribution is -2.60. The molecule has 113 heavy (non-hydrogen) atoms. The van der Waals surface area contributed by atoms with Gasteiger partial charge in [-0.15, -0.1) is 0 Å². The van der Waals surface area contributed by atoms with Gasteiger partial charge in [-0.2, -0.15) is 0 Å². The van der Waals surface area contributed by atoms with Crippen molar-refractivity contribution < 1.29 is 81.5 Å². The molecule has 29 heteroatoms. The number of likely N-dealkylation sites (N-methyl/N-ethyl adjacent to an activating group) is 2. The number of alkyl carbamates (subject to hydrolysis) is 2. The van der Waals surface area contributed by atoms with Crippen molar-refractivity contribution in [1.82, 2.24) is 51.9 Å². The zero-order valence-corrected chi connectivity index (χ0v) is 68.9. The summed E-state index contributed by atoms with van der Waals surface area (Å²) in [6.07, 6.45) is -1.97. The first kappa shape index (κ1) is 92.0. The Hall–Kier alpha value is -9.87. The topological polar surface area (TPSA) is 386 Å². The number of ether oxygens (including phenoxy) is 5. The van der Waals surface area contributed by atoms with Crippen molar-refractivity contribution >= 4 is 71.3 Å². The molecular formula is C84H124N12O17. The van der Waals surface area contributed by atoms with Crippen LogP contribution in [0.1, 0.15) is 182 Å². The number of unbranched alkanes of at least 4 members (excludes halogenated alkanes) is 1. The Bertz CT molecular complexity index is 3770. The molecule has 2 aliphatic rings. The molecule has 1 heterocycles. The number of amides is 12. The molecule has 622 valence electrons. The summed E-state index contributed by atoms with van der Waals surface area (Å²) in [5.41, 5.74) is 10.1. The number of likely N-dealkylation sites (tertiary alicyclic amines) is 1. The minimum atomic E-state index is -1.24. The third-order valence-electron chi connectivity index (χ3n) is 21.1. The van der Waals surface area contributed by atoms with Gasteiger partial charge >= 0.3 is 24.3 Å². The molecule has 0 saturated carbocycles. The minimum absolute atomic E-state index is 0.00646. The molecule has 29 nitrogen and oxygen atoms in total. The molecule has 0 bridgehead atoms. The fourth-order valence-electron chi connectivity index (χ4n) is 14.7. The molecule has 1 aliphatic carbocycles.